The van der Waals surface area contributed by atoms with Crippen LogP contribution in [0.4, 0.5) is 11.5 Å². The number of pyridine rings is 1. The molecule has 0 unspecified atom stereocenters. The van der Waals surface area contributed by atoms with Crippen LogP contribution in [0.2, 0.25) is 0 Å². The fourth-order valence-electron chi connectivity index (χ4n) is 1.08. The van der Waals surface area contributed by atoms with Crippen molar-refractivity contribution in [2.24, 2.45) is 0 Å². The Morgan fingerprint density at radius 3 is 3.00 bits per heavy atom. The van der Waals surface area contributed by atoms with Gasteiger partial charge in [-0.1, -0.05) is 0 Å². The van der Waals surface area contributed by atoms with Crippen molar-refractivity contribution in [3.63, 3.8) is 0 Å². The van der Waals surface area contributed by atoms with Gasteiger partial charge in [-0.2, -0.15) is 11.8 Å². The lowest BCUT2D eigenvalue weighted by Crippen LogP contribution is -2.21. The smallest absolute Gasteiger partial charge is 0.146 e. The zero-order valence-electron chi connectivity index (χ0n) is 8.03. The number of nitrogens with two attached hydrogens (primary N) is 1. The van der Waals surface area contributed by atoms with E-state index < -0.39 is 0 Å². The predicted octanol–water partition coefficient (Wildman–Crippen LogP) is 1.46. The lowest BCUT2D eigenvalue weighted by Gasteiger charge is -2.19. The van der Waals surface area contributed by atoms with E-state index in [4.69, 9.17) is 5.73 Å². The van der Waals surface area contributed by atoms with E-state index in [2.05, 4.69) is 16.1 Å². The number of hydrogen-bond acceptors (Lipinski definition) is 4. The van der Waals surface area contributed by atoms with Gasteiger partial charge in [0.05, 0.1) is 5.69 Å². The van der Waals surface area contributed by atoms with E-state index in [1.807, 2.05) is 30.9 Å². The molecule has 4 heteroatoms. The number of rotatable bonds is 4. The van der Waals surface area contributed by atoms with Crippen LogP contribution in [-0.2, 0) is 0 Å². The molecule has 0 fully saturated rings. The molecule has 0 bridgehead atoms. The van der Waals surface area contributed by atoms with Crippen LogP contribution in [0, 0.1) is 0 Å². The van der Waals surface area contributed by atoms with E-state index in [0.29, 0.717) is 5.82 Å². The summed E-state index contributed by atoms with van der Waals surface area (Å²) < 4.78 is 0. The van der Waals surface area contributed by atoms with Gasteiger partial charge >= 0.3 is 0 Å². The second-order valence-corrected chi connectivity index (χ2v) is 3.81. The number of nitrogens with zero attached hydrogens (tertiary/aromatic N) is 2. The SMILES string of the molecule is CSCCN(C)c1cccnc1N. The number of aromatic nitrogens is 1. The minimum absolute atomic E-state index is 0.603. The fourth-order valence-corrected chi connectivity index (χ4v) is 1.54. The molecule has 0 aliphatic heterocycles. The lowest BCUT2D eigenvalue weighted by molar-refractivity contribution is 0.974. The summed E-state index contributed by atoms with van der Waals surface area (Å²) in [6.07, 6.45) is 3.81. The van der Waals surface area contributed by atoms with Gasteiger partial charge in [0.2, 0.25) is 0 Å². The van der Waals surface area contributed by atoms with Crippen molar-refractivity contribution >= 4 is 23.3 Å². The van der Waals surface area contributed by atoms with E-state index in [1.165, 1.54) is 0 Å². The topological polar surface area (TPSA) is 42.2 Å². The molecule has 0 radical (unpaired) electrons. The van der Waals surface area contributed by atoms with Crippen LogP contribution >= 0.6 is 11.8 Å². The van der Waals surface area contributed by atoms with Crippen LogP contribution < -0.4 is 10.6 Å². The minimum atomic E-state index is 0.603. The van der Waals surface area contributed by atoms with Crippen molar-refractivity contribution in [3.05, 3.63) is 18.3 Å². The normalized spacial score (nSPS) is 10.0. The molecule has 0 saturated carbocycles. The molecule has 0 atom stereocenters. The number of nitrogen functional groups attached to an aromatic ring is 1. The van der Waals surface area contributed by atoms with Gasteiger partial charge in [-0.15, -0.1) is 0 Å². The summed E-state index contributed by atoms with van der Waals surface area (Å²) in [6, 6.07) is 3.89. The summed E-state index contributed by atoms with van der Waals surface area (Å²) >= 11 is 1.83. The van der Waals surface area contributed by atoms with E-state index >= 15 is 0 Å². The Morgan fingerprint density at radius 1 is 1.62 bits per heavy atom. The molecule has 1 aromatic rings. The maximum Gasteiger partial charge on any atom is 0.146 e. The second-order valence-electron chi connectivity index (χ2n) is 2.82. The zero-order chi connectivity index (χ0) is 9.68. The summed E-state index contributed by atoms with van der Waals surface area (Å²) in [4.78, 5) is 6.16. The fraction of sp³-hybridized carbons (Fsp3) is 0.444. The van der Waals surface area contributed by atoms with E-state index in [-0.39, 0.29) is 0 Å². The average Bonchev–Trinajstić information content (AvgIpc) is 2.15. The molecule has 1 rings (SSSR count). The quantitative estimate of drug-likeness (QED) is 0.793. The molecule has 72 valence electrons. The van der Waals surface area contributed by atoms with Crippen LogP contribution in [0.3, 0.4) is 0 Å². The van der Waals surface area contributed by atoms with Crippen LogP contribution in [0.25, 0.3) is 0 Å². The molecule has 3 nitrogen and oxygen atoms in total. The molecule has 0 aliphatic rings. The predicted molar refractivity (Wildman–Crippen MR) is 60.3 cm³/mol. The monoisotopic (exact) mass is 197 g/mol. The molecule has 2 N–H and O–H groups in total. The summed E-state index contributed by atoms with van der Waals surface area (Å²) in [5.74, 6) is 1.70. The molecule has 0 aromatic carbocycles. The molecule has 0 spiro atoms. The lowest BCUT2D eigenvalue weighted by atomic mass is 10.3. The Morgan fingerprint density at radius 2 is 2.38 bits per heavy atom. The van der Waals surface area contributed by atoms with Gasteiger partial charge in [0, 0.05) is 25.5 Å². The van der Waals surface area contributed by atoms with Gasteiger partial charge in [-0.05, 0) is 18.4 Å². The summed E-state index contributed by atoms with van der Waals surface area (Å²) in [6.45, 7) is 0.997. The third-order valence-corrected chi connectivity index (χ3v) is 2.45. The van der Waals surface area contributed by atoms with Crippen molar-refractivity contribution in [3.8, 4) is 0 Å². The van der Waals surface area contributed by atoms with E-state index in [9.17, 15) is 0 Å². The van der Waals surface area contributed by atoms with Crippen LogP contribution in [0.1, 0.15) is 0 Å². The van der Waals surface area contributed by atoms with Crippen molar-refractivity contribution in [2.75, 3.05) is 36.2 Å². The van der Waals surface area contributed by atoms with Gasteiger partial charge in [0.1, 0.15) is 5.82 Å². The molecular formula is C9H15N3S. The van der Waals surface area contributed by atoms with Gasteiger partial charge < -0.3 is 10.6 Å². The van der Waals surface area contributed by atoms with Crippen molar-refractivity contribution in [1.29, 1.82) is 0 Å². The first-order valence-electron chi connectivity index (χ1n) is 4.16. The van der Waals surface area contributed by atoms with Crippen LogP contribution in [-0.4, -0.2) is 30.6 Å². The molecule has 1 aromatic heterocycles. The number of anilines is 2. The van der Waals surface area contributed by atoms with Crippen LogP contribution in [0.5, 0.6) is 0 Å². The van der Waals surface area contributed by atoms with Gasteiger partial charge in [0.25, 0.3) is 0 Å². The molecule has 0 saturated heterocycles. The molecule has 1 heterocycles. The third kappa shape index (κ3) is 2.81. The van der Waals surface area contributed by atoms with Gasteiger partial charge in [-0.3, -0.25) is 0 Å². The van der Waals surface area contributed by atoms with Crippen molar-refractivity contribution in [2.45, 2.75) is 0 Å². The largest absolute Gasteiger partial charge is 0.382 e. The van der Waals surface area contributed by atoms with Gasteiger partial charge in [-0.25, -0.2) is 4.98 Å². The van der Waals surface area contributed by atoms with E-state index in [1.54, 1.807) is 6.20 Å². The Kier molecular flexibility index (Phi) is 3.89. The second kappa shape index (κ2) is 4.97. The summed E-state index contributed by atoms with van der Waals surface area (Å²) in [7, 11) is 2.03. The Bertz CT molecular complexity index is 265. The first kappa shape index (κ1) is 10.2. The number of hydrogen-bond donors (Lipinski definition) is 1. The standard InChI is InChI=1S/C9H15N3S/c1-12(6-7-13-2)8-4-3-5-11-9(8)10/h3-5H,6-7H2,1-2H3,(H2,10,11). The van der Waals surface area contributed by atoms with Gasteiger partial charge in [0.15, 0.2) is 0 Å². The highest BCUT2D eigenvalue weighted by atomic mass is 32.2. The summed E-state index contributed by atoms with van der Waals surface area (Å²) in [5.41, 5.74) is 6.74. The highest BCUT2D eigenvalue weighted by Crippen LogP contribution is 2.18. The minimum Gasteiger partial charge on any atom is -0.382 e. The third-order valence-electron chi connectivity index (χ3n) is 1.86. The number of thioether (sulfide) groups is 1. The highest BCUT2D eigenvalue weighted by Gasteiger charge is 2.03. The molecule has 0 aliphatic carbocycles. The molecule has 13 heavy (non-hydrogen) atoms. The Hall–Kier alpha value is -0.900. The Balaban J connectivity index is 2.65. The highest BCUT2D eigenvalue weighted by molar-refractivity contribution is 7.98. The van der Waals surface area contributed by atoms with Crippen molar-refractivity contribution < 1.29 is 0 Å². The maximum atomic E-state index is 5.73. The summed E-state index contributed by atoms with van der Waals surface area (Å²) in [5, 5.41) is 0. The zero-order valence-corrected chi connectivity index (χ0v) is 8.84. The van der Waals surface area contributed by atoms with E-state index in [0.717, 1.165) is 18.0 Å². The molecular weight excluding hydrogens is 182 g/mol. The maximum absolute atomic E-state index is 5.73. The molecule has 0 amide bonds. The average molecular weight is 197 g/mol. The Labute approximate surface area is 83.3 Å². The first-order chi connectivity index (χ1) is 6.25. The van der Waals surface area contributed by atoms with Crippen LogP contribution in [0.15, 0.2) is 18.3 Å². The first-order valence-corrected chi connectivity index (χ1v) is 5.55. The van der Waals surface area contributed by atoms with Crippen molar-refractivity contribution in [1.82, 2.24) is 4.98 Å².